The maximum Gasteiger partial charge on any atom is 0.336 e. The van der Waals surface area contributed by atoms with Crippen LogP contribution in [0.3, 0.4) is 0 Å². The van der Waals surface area contributed by atoms with Gasteiger partial charge in [-0.3, -0.25) is 0 Å². The lowest BCUT2D eigenvalue weighted by molar-refractivity contribution is -0.129. The fourth-order valence-electron chi connectivity index (χ4n) is 5.11. The van der Waals surface area contributed by atoms with E-state index in [4.69, 9.17) is 4.74 Å². The number of carbonyl (C=O) groups is 1. The van der Waals surface area contributed by atoms with Gasteiger partial charge in [0.15, 0.2) is 0 Å². The van der Waals surface area contributed by atoms with Gasteiger partial charge in [-0.1, -0.05) is 175 Å². The average Bonchev–Trinajstić information content (AvgIpc) is 3.07. The topological polar surface area (TPSA) is 66.8 Å². The number of unbranched alkanes of at least 4 members (excludes halogenated alkanes) is 7. The molecule has 0 aliphatic carbocycles. The smallest absolute Gasteiger partial charge is 0.336 e. The Bertz CT molecular complexity index is 1450. The van der Waals surface area contributed by atoms with Gasteiger partial charge in [0.1, 0.15) is 17.2 Å². The number of hydrogen-bond acceptors (Lipinski definition) is 4. The van der Waals surface area contributed by atoms with E-state index in [0.29, 0.717) is 12.2 Å². The molecule has 2 N–H and O–H groups in total. The van der Waals surface area contributed by atoms with Gasteiger partial charge >= 0.3 is 5.97 Å². The molecule has 0 amide bonds. The number of hydrogen-bond donors (Lipinski definition) is 2. The molecule has 2 aromatic carbocycles. The van der Waals surface area contributed by atoms with Gasteiger partial charge in [0, 0.05) is 11.6 Å². The number of aromatic hydroxyl groups is 2. The Balaban J connectivity index is 1.80. The van der Waals surface area contributed by atoms with Gasteiger partial charge in [-0.2, -0.15) is 0 Å². The van der Waals surface area contributed by atoms with Crippen LogP contribution in [0.5, 0.6) is 17.2 Å². The Morgan fingerprint density at radius 3 is 1.78 bits per heavy atom. The first kappa shape index (κ1) is 40.6. The zero-order chi connectivity index (χ0) is 35.4. The summed E-state index contributed by atoms with van der Waals surface area (Å²) in [5.74, 6) is 1.30. The van der Waals surface area contributed by atoms with Crippen molar-refractivity contribution in [2.75, 3.05) is 0 Å². The van der Waals surface area contributed by atoms with Crippen LogP contribution in [0.2, 0.25) is 0 Å². The molecule has 0 unspecified atom stereocenters. The van der Waals surface area contributed by atoms with Crippen molar-refractivity contribution in [1.82, 2.24) is 0 Å². The van der Waals surface area contributed by atoms with E-state index in [1.54, 1.807) is 24.3 Å². The maximum atomic E-state index is 12.7. The van der Waals surface area contributed by atoms with Crippen molar-refractivity contribution in [1.29, 1.82) is 0 Å². The monoisotopic (exact) mass is 662 g/mol. The van der Waals surface area contributed by atoms with E-state index in [1.165, 1.54) is 38.2 Å². The molecule has 2 rings (SSSR count). The zero-order valence-corrected chi connectivity index (χ0v) is 30.0. The minimum Gasteiger partial charge on any atom is -0.508 e. The minimum absolute atomic E-state index is 0.231. The van der Waals surface area contributed by atoms with Crippen LogP contribution < -0.4 is 4.74 Å². The molecular formula is C45H58O4. The van der Waals surface area contributed by atoms with Gasteiger partial charge in [-0.25, -0.2) is 4.79 Å². The summed E-state index contributed by atoms with van der Waals surface area (Å²) in [7, 11) is 0. The number of benzene rings is 2. The summed E-state index contributed by atoms with van der Waals surface area (Å²) in [6.07, 6.45) is 43.2. The molecule has 0 radical (unpaired) electrons. The predicted octanol–water partition coefficient (Wildman–Crippen LogP) is 12.3. The number of aryl methyl sites for hydroxylation is 1. The van der Waals surface area contributed by atoms with Crippen molar-refractivity contribution in [3.63, 3.8) is 0 Å². The normalized spacial score (nSPS) is 12.7. The molecule has 0 saturated carbocycles. The summed E-state index contributed by atoms with van der Waals surface area (Å²) in [5.41, 5.74) is 2.76. The molecule has 4 nitrogen and oxygen atoms in total. The van der Waals surface area contributed by atoms with Gasteiger partial charge in [0.05, 0.1) is 0 Å². The van der Waals surface area contributed by atoms with Crippen molar-refractivity contribution in [2.24, 2.45) is 5.92 Å². The van der Waals surface area contributed by atoms with Gasteiger partial charge in [-0.05, 0) is 67.0 Å². The molecule has 0 fully saturated rings. The number of allylic oxidation sites excluding steroid dienone is 14. The van der Waals surface area contributed by atoms with Gasteiger partial charge in [0.2, 0.25) is 0 Å². The first-order chi connectivity index (χ1) is 23.9. The lowest BCUT2D eigenvalue weighted by Gasteiger charge is -2.14. The molecule has 49 heavy (non-hydrogen) atoms. The molecule has 0 atom stereocenters. The second kappa shape index (κ2) is 26.4. The van der Waals surface area contributed by atoms with Crippen LogP contribution in [0.1, 0.15) is 102 Å². The van der Waals surface area contributed by atoms with Crippen LogP contribution in [0.25, 0.3) is 6.08 Å². The molecule has 0 spiro atoms. The van der Waals surface area contributed by atoms with Crippen LogP contribution in [-0.4, -0.2) is 16.2 Å². The summed E-state index contributed by atoms with van der Waals surface area (Å²) in [5, 5.41) is 20.2. The summed E-state index contributed by atoms with van der Waals surface area (Å²) in [6, 6.07) is 10.8. The van der Waals surface area contributed by atoms with Crippen LogP contribution in [0.15, 0.2) is 128 Å². The molecule has 2 aromatic rings. The number of phenols is 2. The highest BCUT2D eigenvalue weighted by Crippen LogP contribution is 2.32. The highest BCUT2D eigenvalue weighted by atomic mass is 16.5. The Morgan fingerprint density at radius 2 is 1.18 bits per heavy atom. The molecule has 262 valence electrons. The van der Waals surface area contributed by atoms with Crippen molar-refractivity contribution < 1.29 is 19.7 Å². The molecule has 0 bridgehead atoms. The van der Waals surface area contributed by atoms with Crippen LogP contribution in [-0.2, 0) is 17.6 Å². The standard InChI is InChI=1S/C45H58O4/c1-4-5-22-29-40-36-43(47)42(30-25-20-17-16-18-23-27-38(2)3)44(37-40)49-45(48)31-26-21-15-13-11-9-7-6-8-10-12-14-19-24-28-39-32-34-41(46)35-33-39/h6-15,19,21,24,26,28,31-38,46-47H,4-5,16-18,20,22-23,25,27,29-30H2,1-3H3/b8-6+,9-7+,12-10+,13-11+,19-14+,21-15+,28-24+,31-26+. The highest BCUT2D eigenvalue weighted by Gasteiger charge is 2.14. The highest BCUT2D eigenvalue weighted by molar-refractivity contribution is 5.84. The van der Waals surface area contributed by atoms with E-state index in [-0.39, 0.29) is 11.5 Å². The SMILES string of the molecule is CCCCCc1cc(O)c(CCCCCCCCC(C)C)c(OC(=O)/C=C/C=C/C=C/C=C/C=C/C=C/C=C/C=C/c2ccc(O)cc2)c1. The summed E-state index contributed by atoms with van der Waals surface area (Å²) >= 11 is 0. The fraction of sp³-hybridized carbons (Fsp3) is 0.356. The fourth-order valence-corrected chi connectivity index (χ4v) is 5.11. The lowest BCUT2D eigenvalue weighted by Crippen LogP contribution is -2.07. The van der Waals surface area contributed by atoms with E-state index in [9.17, 15) is 15.0 Å². The third-order valence-corrected chi connectivity index (χ3v) is 7.84. The predicted molar refractivity (Wildman–Crippen MR) is 209 cm³/mol. The van der Waals surface area contributed by atoms with Crippen LogP contribution in [0.4, 0.5) is 0 Å². The largest absolute Gasteiger partial charge is 0.508 e. The maximum absolute atomic E-state index is 12.7. The van der Waals surface area contributed by atoms with Crippen LogP contribution >= 0.6 is 0 Å². The van der Waals surface area contributed by atoms with Crippen LogP contribution in [0, 0.1) is 5.92 Å². The Hall–Kier alpha value is -4.57. The number of phenolic OH excluding ortho intramolecular Hbond substituents is 2. The van der Waals surface area contributed by atoms with E-state index < -0.39 is 5.97 Å². The van der Waals surface area contributed by atoms with Crippen molar-refractivity contribution in [3.8, 4) is 17.2 Å². The molecular weight excluding hydrogens is 604 g/mol. The lowest BCUT2D eigenvalue weighted by atomic mass is 9.99. The van der Waals surface area contributed by atoms with E-state index in [0.717, 1.165) is 61.1 Å². The molecule has 0 aliphatic rings. The quantitative estimate of drug-likeness (QED) is 0.0408. The minimum atomic E-state index is -0.452. The van der Waals surface area contributed by atoms with Crippen molar-refractivity contribution in [3.05, 3.63) is 144 Å². The van der Waals surface area contributed by atoms with E-state index in [2.05, 4.69) is 20.8 Å². The zero-order valence-electron chi connectivity index (χ0n) is 30.0. The van der Waals surface area contributed by atoms with Gasteiger partial charge < -0.3 is 14.9 Å². The Kier molecular flexibility index (Phi) is 21.9. The molecule has 4 heteroatoms. The summed E-state index contributed by atoms with van der Waals surface area (Å²) in [4.78, 5) is 12.7. The average molecular weight is 663 g/mol. The van der Waals surface area contributed by atoms with Crippen molar-refractivity contribution >= 4 is 12.0 Å². The molecule has 0 heterocycles. The Labute approximate surface area is 296 Å². The first-order valence-electron chi connectivity index (χ1n) is 18.1. The van der Waals surface area contributed by atoms with Crippen molar-refractivity contribution in [2.45, 2.75) is 97.8 Å². The molecule has 0 aliphatic heterocycles. The molecule has 0 saturated heterocycles. The number of carbonyl (C=O) groups excluding carboxylic acids is 1. The second-order valence-electron chi connectivity index (χ2n) is 12.6. The van der Waals surface area contributed by atoms with E-state index in [1.807, 2.05) is 103 Å². The number of rotatable bonds is 23. The number of esters is 1. The molecule has 0 aromatic heterocycles. The van der Waals surface area contributed by atoms with Gasteiger partial charge in [0.25, 0.3) is 0 Å². The summed E-state index contributed by atoms with van der Waals surface area (Å²) in [6.45, 7) is 6.73. The first-order valence-corrected chi connectivity index (χ1v) is 18.1. The Morgan fingerprint density at radius 1 is 0.653 bits per heavy atom. The number of ether oxygens (including phenoxy) is 1. The third-order valence-electron chi connectivity index (χ3n) is 7.84. The second-order valence-corrected chi connectivity index (χ2v) is 12.6. The summed E-state index contributed by atoms with van der Waals surface area (Å²) < 4.78 is 5.77. The third kappa shape index (κ3) is 20.4. The van der Waals surface area contributed by atoms with Gasteiger partial charge in [-0.15, -0.1) is 0 Å². The van der Waals surface area contributed by atoms with E-state index >= 15 is 0 Å².